The number of aliphatic hydroxyl groups excluding tert-OH is 1. The molecule has 1 aromatic carbocycles. The van der Waals surface area contributed by atoms with Crippen LogP contribution in [-0.2, 0) is 9.59 Å². The number of carbonyl (C=O) groups excluding carboxylic acids is 1. The Kier molecular flexibility index (Phi) is 3.86. The molecule has 0 bridgehead atoms. The van der Waals surface area contributed by atoms with Gasteiger partial charge in [0.2, 0.25) is 0 Å². The Morgan fingerprint density at radius 2 is 2.21 bits per heavy atom. The molecule has 102 valence electrons. The van der Waals surface area contributed by atoms with E-state index in [1.807, 2.05) is 12.1 Å². The molecule has 1 heterocycles. The summed E-state index contributed by atoms with van der Waals surface area (Å²) in [5, 5.41) is 22.8. The zero-order valence-electron chi connectivity index (χ0n) is 10.00. The van der Waals surface area contributed by atoms with Crippen molar-refractivity contribution >= 4 is 17.6 Å². The average Bonchev–Trinajstić information content (AvgIpc) is 2.43. The number of carboxylic acids is 1. The number of carboxylic acid groups (broad SMARTS) is 1. The van der Waals surface area contributed by atoms with Crippen LogP contribution in [0.4, 0.5) is 5.69 Å². The number of anilines is 1. The first-order valence-electron chi connectivity index (χ1n) is 5.75. The van der Waals surface area contributed by atoms with Gasteiger partial charge in [0.15, 0.2) is 6.10 Å². The predicted molar refractivity (Wildman–Crippen MR) is 66.0 cm³/mol. The third-order valence-corrected chi connectivity index (χ3v) is 2.72. The molecular weight excluding hydrogens is 252 g/mol. The summed E-state index contributed by atoms with van der Waals surface area (Å²) in [7, 11) is 0. The first-order chi connectivity index (χ1) is 9.11. The van der Waals surface area contributed by atoms with Crippen molar-refractivity contribution in [2.45, 2.75) is 12.1 Å². The van der Waals surface area contributed by atoms with Crippen molar-refractivity contribution in [3.05, 3.63) is 24.3 Å². The van der Waals surface area contributed by atoms with Crippen molar-refractivity contribution in [2.24, 2.45) is 0 Å². The number of nitrogens with one attached hydrogen (secondary N) is 2. The van der Waals surface area contributed by atoms with Crippen molar-refractivity contribution in [3.63, 3.8) is 0 Å². The number of aliphatic hydroxyl groups is 1. The second-order valence-corrected chi connectivity index (χ2v) is 4.07. The number of para-hydroxylation sites is 2. The van der Waals surface area contributed by atoms with Gasteiger partial charge in [-0.2, -0.15) is 0 Å². The van der Waals surface area contributed by atoms with E-state index in [2.05, 4.69) is 10.6 Å². The first-order valence-corrected chi connectivity index (χ1v) is 5.75. The van der Waals surface area contributed by atoms with E-state index < -0.39 is 30.6 Å². The lowest BCUT2D eigenvalue weighted by molar-refractivity contribution is -0.144. The number of rotatable bonds is 4. The van der Waals surface area contributed by atoms with Gasteiger partial charge in [-0.15, -0.1) is 0 Å². The van der Waals surface area contributed by atoms with Crippen molar-refractivity contribution < 1.29 is 24.5 Å². The molecule has 0 spiro atoms. The monoisotopic (exact) mass is 266 g/mol. The smallest absolute Gasteiger partial charge is 0.328 e. The summed E-state index contributed by atoms with van der Waals surface area (Å²) in [5.74, 6) is -1.34. The number of carbonyl (C=O) groups is 2. The quantitative estimate of drug-likeness (QED) is 0.581. The molecule has 0 aromatic heterocycles. The van der Waals surface area contributed by atoms with E-state index in [1.54, 1.807) is 12.1 Å². The fourth-order valence-corrected chi connectivity index (χ4v) is 1.71. The van der Waals surface area contributed by atoms with Gasteiger partial charge < -0.3 is 25.6 Å². The molecular formula is C12H14N2O5. The fraction of sp³-hybridized carbons (Fsp3) is 0.333. The normalized spacial score (nSPS) is 18.5. The van der Waals surface area contributed by atoms with Gasteiger partial charge in [0, 0.05) is 0 Å². The zero-order chi connectivity index (χ0) is 13.8. The Morgan fingerprint density at radius 1 is 1.47 bits per heavy atom. The molecule has 1 unspecified atom stereocenters. The maximum atomic E-state index is 11.8. The molecule has 1 amide bonds. The number of fused-ring (bicyclic) bond motifs is 1. The summed E-state index contributed by atoms with van der Waals surface area (Å²) in [6.45, 7) is -0.432. The van der Waals surface area contributed by atoms with Crippen LogP contribution in [-0.4, -0.2) is 47.4 Å². The molecule has 0 saturated heterocycles. The molecule has 7 nitrogen and oxygen atoms in total. The minimum absolute atomic E-state index is 0.237. The first kappa shape index (κ1) is 13.2. The van der Waals surface area contributed by atoms with Crippen molar-refractivity contribution in [1.82, 2.24) is 5.32 Å². The number of hydrogen-bond donors (Lipinski definition) is 4. The van der Waals surface area contributed by atoms with Crippen LogP contribution in [0.15, 0.2) is 24.3 Å². The van der Waals surface area contributed by atoms with Crippen molar-refractivity contribution in [3.8, 4) is 5.75 Å². The van der Waals surface area contributed by atoms with E-state index in [0.29, 0.717) is 5.75 Å². The Labute approximate surface area is 109 Å². The highest BCUT2D eigenvalue weighted by atomic mass is 16.5. The summed E-state index contributed by atoms with van der Waals surface area (Å²) in [5.41, 5.74) is 0.781. The second kappa shape index (κ2) is 5.57. The van der Waals surface area contributed by atoms with E-state index in [4.69, 9.17) is 14.9 Å². The van der Waals surface area contributed by atoms with E-state index in [0.717, 1.165) is 5.69 Å². The molecule has 7 heteroatoms. The Balaban J connectivity index is 2.01. The summed E-state index contributed by atoms with van der Waals surface area (Å²) < 4.78 is 5.47. The second-order valence-electron chi connectivity index (χ2n) is 4.07. The molecule has 2 atom stereocenters. The zero-order valence-corrected chi connectivity index (χ0v) is 10.00. The van der Waals surface area contributed by atoms with Crippen molar-refractivity contribution in [1.29, 1.82) is 0 Å². The summed E-state index contributed by atoms with van der Waals surface area (Å²) in [4.78, 5) is 22.5. The molecule has 2 rings (SSSR count). The molecule has 0 fully saturated rings. The van der Waals surface area contributed by atoms with E-state index in [9.17, 15) is 9.59 Å². The Hall–Kier alpha value is -2.28. The topological polar surface area (TPSA) is 108 Å². The molecule has 0 radical (unpaired) electrons. The number of ether oxygens (including phenoxy) is 1. The van der Waals surface area contributed by atoms with E-state index in [-0.39, 0.29) is 6.54 Å². The minimum atomic E-state index is -1.33. The molecule has 19 heavy (non-hydrogen) atoms. The highest BCUT2D eigenvalue weighted by molar-refractivity contribution is 5.87. The summed E-state index contributed by atoms with van der Waals surface area (Å²) in [6, 6.07) is 5.81. The van der Waals surface area contributed by atoms with Crippen LogP contribution in [0.3, 0.4) is 0 Å². The van der Waals surface area contributed by atoms with E-state index in [1.165, 1.54) is 0 Å². The highest BCUT2D eigenvalue weighted by Crippen LogP contribution is 2.28. The van der Waals surface area contributed by atoms with Crippen LogP contribution in [0.1, 0.15) is 0 Å². The van der Waals surface area contributed by atoms with Gasteiger partial charge in [0.05, 0.1) is 18.8 Å². The Bertz CT molecular complexity index is 491. The van der Waals surface area contributed by atoms with Crippen LogP contribution in [0.5, 0.6) is 5.75 Å². The molecule has 1 aromatic rings. The Morgan fingerprint density at radius 3 is 2.89 bits per heavy atom. The van der Waals surface area contributed by atoms with Gasteiger partial charge in [-0.1, -0.05) is 12.1 Å². The summed E-state index contributed by atoms with van der Waals surface area (Å²) >= 11 is 0. The number of aliphatic carboxylic acids is 1. The predicted octanol–water partition coefficient (Wildman–Crippen LogP) is -0.579. The molecule has 4 N–H and O–H groups in total. The lowest BCUT2D eigenvalue weighted by Crippen LogP contribution is -2.51. The van der Waals surface area contributed by atoms with Crippen LogP contribution >= 0.6 is 0 Å². The molecule has 0 saturated carbocycles. The minimum Gasteiger partial charge on any atom is -0.480 e. The lowest BCUT2D eigenvalue weighted by Gasteiger charge is -2.27. The SMILES string of the molecule is O=C(N[C@H](CO)C(=O)O)C1CNc2ccccc2O1. The van der Waals surface area contributed by atoms with Gasteiger partial charge in [-0.25, -0.2) is 4.79 Å². The van der Waals surface area contributed by atoms with Gasteiger partial charge in [-0.05, 0) is 12.1 Å². The molecule has 1 aliphatic heterocycles. The van der Waals surface area contributed by atoms with Gasteiger partial charge in [0.25, 0.3) is 5.91 Å². The maximum Gasteiger partial charge on any atom is 0.328 e. The highest BCUT2D eigenvalue weighted by Gasteiger charge is 2.29. The standard InChI is InChI=1S/C12H14N2O5/c15-6-8(12(17)18)14-11(16)10-5-13-7-3-1-2-4-9(7)19-10/h1-4,8,10,13,15H,5-6H2,(H,14,16)(H,17,18)/t8-,10?/m1/s1. The number of hydrogen-bond acceptors (Lipinski definition) is 5. The van der Waals surface area contributed by atoms with Gasteiger partial charge in [-0.3, -0.25) is 4.79 Å². The molecule has 0 aliphatic carbocycles. The van der Waals surface area contributed by atoms with Crippen LogP contribution < -0.4 is 15.4 Å². The molecule has 1 aliphatic rings. The van der Waals surface area contributed by atoms with Crippen LogP contribution in [0.25, 0.3) is 0 Å². The van der Waals surface area contributed by atoms with Crippen LogP contribution in [0.2, 0.25) is 0 Å². The van der Waals surface area contributed by atoms with Crippen LogP contribution in [0, 0.1) is 0 Å². The largest absolute Gasteiger partial charge is 0.480 e. The maximum absolute atomic E-state index is 11.8. The van der Waals surface area contributed by atoms with Gasteiger partial charge >= 0.3 is 5.97 Å². The number of benzene rings is 1. The fourth-order valence-electron chi connectivity index (χ4n) is 1.71. The third kappa shape index (κ3) is 2.94. The van der Waals surface area contributed by atoms with Gasteiger partial charge in [0.1, 0.15) is 11.8 Å². The van der Waals surface area contributed by atoms with E-state index >= 15 is 0 Å². The lowest BCUT2D eigenvalue weighted by atomic mass is 10.2. The summed E-state index contributed by atoms with van der Waals surface area (Å²) in [6.07, 6.45) is -0.830. The third-order valence-electron chi connectivity index (χ3n) is 2.72. The number of amides is 1. The average molecular weight is 266 g/mol. The van der Waals surface area contributed by atoms with Crippen molar-refractivity contribution in [2.75, 3.05) is 18.5 Å².